The van der Waals surface area contributed by atoms with Gasteiger partial charge in [-0.25, -0.2) is 4.98 Å². The van der Waals surface area contributed by atoms with Crippen molar-refractivity contribution in [1.82, 2.24) is 15.2 Å². The SMILES string of the molecule is CC(C)C(C)(CN)Nc1nnc2ccccc2n1. The molecule has 18 heavy (non-hydrogen) atoms. The molecule has 5 heteroatoms. The van der Waals surface area contributed by atoms with E-state index in [1.54, 1.807) is 0 Å². The largest absolute Gasteiger partial charge is 0.346 e. The number of para-hydroxylation sites is 1. The van der Waals surface area contributed by atoms with E-state index in [9.17, 15) is 0 Å². The molecule has 3 N–H and O–H groups in total. The van der Waals surface area contributed by atoms with Gasteiger partial charge in [0.2, 0.25) is 5.95 Å². The Kier molecular flexibility index (Phi) is 3.43. The molecule has 1 aromatic carbocycles. The van der Waals surface area contributed by atoms with E-state index in [1.165, 1.54) is 0 Å². The van der Waals surface area contributed by atoms with Crippen molar-refractivity contribution in [3.8, 4) is 0 Å². The summed E-state index contributed by atoms with van der Waals surface area (Å²) in [6.07, 6.45) is 0. The monoisotopic (exact) mass is 245 g/mol. The molecule has 1 unspecified atom stereocenters. The predicted octanol–water partition coefficient (Wildman–Crippen LogP) is 1.81. The summed E-state index contributed by atoms with van der Waals surface area (Å²) in [6.45, 7) is 6.82. The fourth-order valence-corrected chi connectivity index (χ4v) is 1.62. The first-order chi connectivity index (χ1) is 8.55. The van der Waals surface area contributed by atoms with Gasteiger partial charge in [0, 0.05) is 6.54 Å². The van der Waals surface area contributed by atoms with Crippen LogP contribution in [0.15, 0.2) is 24.3 Å². The lowest BCUT2D eigenvalue weighted by Crippen LogP contribution is -2.47. The van der Waals surface area contributed by atoms with E-state index >= 15 is 0 Å². The molecule has 2 aromatic rings. The number of rotatable bonds is 4. The van der Waals surface area contributed by atoms with Crippen LogP contribution < -0.4 is 11.1 Å². The average Bonchev–Trinajstić information content (AvgIpc) is 2.38. The van der Waals surface area contributed by atoms with E-state index in [0.717, 1.165) is 11.0 Å². The van der Waals surface area contributed by atoms with Crippen molar-refractivity contribution in [2.45, 2.75) is 26.3 Å². The molecule has 0 aliphatic heterocycles. The number of hydrogen-bond acceptors (Lipinski definition) is 5. The number of aromatic nitrogens is 3. The van der Waals surface area contributed by atoms with Gasteiger partial charge in [-0.05, 0) is 25.0 Å². The van der Waals surface area contributed by atoms with Crippen LogP contribution in [0.4, 0.5) is 5.95 Å². The molecule has 0 bridgehead atoms. The van der Waals surface area contributed by atoms with E-state index in [2.05, 4.69) is 41.3 Å². The molecule has 0 saturated heterocycles. The van der Waals surface area contributed by atoms with Crippen molar-refractivity contribution in [2.24, 2.45) is 11.7 Å². The highest BCUT2D eigenvalue weighted by atomic mass is 15.3. The Labute approximate surface area is 107 Å². The van der Waals surface area contributed by atoms with E-state index < -0.39 is 0 Å². The lowest BCUT2D eigenvalue weighted by Gasteiger charge is -2.33. The maximum Gasteiger partial charge on any atom is 0.243 e. The predicted molar refractivity (Wildman–Crippen MR) is 73.3 cm³/mol. The van der Waals surface area contributed by atoms with Gasteiger partial charge in [0.05, 0.1) is 11.1 Å². The van der Waals surface area contributed by atoms with E-state index in [-0.39, 0.29) is 5.54 Å². The number of fused-ring (bicyclic) bond motifs is 1. The maximum atomic E-state index is 5.83. The second-order valence-electron chi connectivity index (χ2n) is 5.03. The van der Waals surface area contributed by atoms with Gasteiger partial charge in [-0.3, -0.25) is 0 Å². The first kappa shape index (κ1) is 12.7. The molecular weight excluding hydrogens is 226 g/mol. The van der Waals surface area contributed by atoms with Crippen LogP contribution in [-0.2, 0) is 0 Å². The Morgan fingerprint density at radius 1 is 1.22 bits per heavy atom. The van der Waals surface area contributed by atoms with Crippen LogP contribution in [0.5, 0.6) is 0 Å². The molecule has 2 rings (SSSR count). The van der Waals surface area contributed by atoms with Gasteiger partial charge in [0.1, 0.15) is 5.52 Å². The van der Waals surface area contributed by atoms with E-state index in [4.69, 9.17) is 5.73 Å². The molecule has 0 aliphatic carbocycles. The molecule has 0 amide bonds. The minimum Gasteiger partial charge on any atom is -0.346 e. The summed E-state index contributed by atoms with van der Waals surface area (Å²) in [7, 11) is 0. The number of benzene rings is 1. The van der Waals surface area contributed by atoms with Crippen molar-refractivity contribution in [3.05, 3.63) is 24.3 Å². The van der Waals surface area contributed by atoms with Crippen molar-refractivity contribution in [1.29, 1.82) is 0 Å². The first-order valence-corrected chi connectivity index (χ1v) is 6.13. The minimum atomic E-state index is -0.232. The Balaban J connectivity index is 2.31. The molecule has 0 fully saturated rings. The molecule has 0 aliphatic rings. The van der Waals surface area contributed by atoms with Gasteiger partial charge >= 0.3 is 0 Å². The van der Waals surface area contributed by atoms with Gasteiger partial charge in [0.15, 0.2) is 0 Å². The van der Waals surface area contributed by atoms with Gasteiger partial charge < -0.3 is 11.1 Å². The molecular formula is C13H19N5. The summed E-state index contributed by atoms with van der Waals surface area (Å²) in [5.41, 5.74) is 7.22. The number of nitrogens with one attached hydrogen (secondary N) is 1. The van der Waals surface area contributed by atoms with E-state index in [0.29, 0.717) is 18.4 Å². The highest BCUT2D eigenvalue weighted by Gasteiger charge is 2.27. The molecule has 0 radical (unpaired) electrons. The van der Waals surface area contributed by atoms with Crippen molar-refractivity contribution >= 4 is 17.0 Å². The Hall–Kier alpha value is -1.75. The Morgan fingerprint density at radius 2 is 1.89 bits per heavy atom. The van der Waals surface area contributed by atoms with Crippen molar-refractivity contribution in [3.63, 3.8) is 0 Å². The third kappa shape index (κ3) is 2.41. The van der Waals surface area contributed by atoms with Crippen LogP contribution >= 0.6 is 0 Å². The fraction of sp³-hybridized carbons (Fsp3) is 0.462. The summed E-state index contributed by atoms with van der Waals surface area (Å²) in [5.74, 6) is 0.896. The standard InChI is InChI=1S/C13H19N5/c1-9(2)13(3,8-14)16-12-15-10-6-4-5-7-11(10)17-18-12/h4-7,9H,8,14H2,1-3H3,(H,15,16,18). The van der Waals surface area contributed by atoms with Crippen LogP contribution in [0, 0.1) is 5.92 Å². The first-order valence-electron chi connectivity index (χ1n) is 6.13. The molecule has 1 aromatic heterocycles. The normalized spacial score (nSPS) is 14.7. The van der Waals surface area contributed by atoms with Gasteiger partial charge in [-0.2, -0.15) is 0 Å². The summed E-state index contributed by atoms with van der Waals surface area (Å²) >= 11 is 0. The van der Waals surface area contributed by atoms with Crippen LogP contribution in [0.2, 0.25) is 0 Å². The molecule has 5 nitrogen and oxygen atoms in total. The van der Waals surface area contributed by atoms with Crippen LogP contribution in [-0.4, -0.2) is 27.3 Å². The molecule has 96 valence electrons. The Bertz CT molecular complexity index is 540. The highest BCUT2D eigenvalue weighted by Crippen LogP contribution is 2.20. The second kappa shape index (κ2) is 4.86. The smallest absolute Gasteiger partial charge is 0.243 e. The zero-order chi connectivity index (χ0) is 13.2. The molecule has 0 saturated carbocycles. The van der Waals surface area contributed by atoms with Crippen LogP contribution in [0.1, 0.15) is 20.8 Å². The number of anilines is 1. The molecule has 0 spiro atoms. The van der Waals surface area contributed by atoms with Crippen molar-refractivity contribution < 1.29 is 0 Å². The second-order valence-corrected chi connectivity index (χ2v) is 5.03. The topological polar surface area (TPSA) is 76.7 Å². The summed E-state index contributed by atoms with van der Waals surface area (Å²) in [4.78, 5) is 4.45. The summed E-state index contributed by atoms with van der Waals surface area (Å²) in [6, 6.07) is 7.67. The van der Waals surface area contributed by atoms with Crippen LogP contribution in [0.3, 0.4) is 0 Å². The lowest BCUT2D eigenvalue weighted by atomic mass is 9.89. The zero-order valence-corrected chi connectivity index (χ0v) is 11.0. The van der Waals surface area contributed by atoms with Crippen molar-refractivity contribution in [2.75, 3.05) is 11.9 Å². The number of nitrogens with two attached hydrogens (primary N) is 1. The van der Waals surface area contributed by atoms with Gasteiger partial charge in [0.25, 0.3) is 0 Å². The summed E-state index contributed by atoms with van der Waals surface area (Å²) in [5, 5.41) is 11.5. The number of hydrogen-bond donors (Lipinski definition) is 2. The Morgan fingerprint density at radius 3 is 2.50 bits per heavy atom. The maximum absolute atomic E-state index is 5.83. The third-order valence-electron chi connectivity index (χ3n) is 3.46. The van der Waals surface area contributed by atoms with Gasteiger partial charge in [-0.15, -0.1) is 10.2 Å². The quantitative estimate of drug-likeness (QED) is 0.859. The highest BCUT2D eigenvalue weighted by molar-refractivity contribution is 5.74. The summed E-state index contributed by atoms with van der Waals surface area (Å²) < 4.78 is 0. The fourth-order valence-electron chi connectivity index (χ4n) is 1.62. The lowest BCUT2D eigenvalue weighted by molar-refractivity contribution is 0.380. The number of nitrogens with zero attached hydrogens (tertiary/aromatic N) is 3. The zero-order valence-electron chi connectivity index (χ0n) is 11.0. The molecule has 1 atom stereocenters. The van der Waals surface area contributed by atoms with E-state index in [1.807, 2.05) is 24.3 Å². The van der Waals surface area contributed by atoms with Crippen LogP contribution in [0.25, 0.3) is 11.0 Å². The third-order valence-corrected chi connectivity index (χ3v) is 3.46. The molecule has 1 heterocycles. The average molecular weight is 245 g/mol. The van der Waals surface area contributed by atoms with Gasteiger partial charge in [-0.1, -0.05) is 26.0 Å². The minimum absolute atomic E-state index is 0.232.